The standard InChI is InChI=1S/C13H18BrClN2O3S/c1-16-7-9-3-4-17(8-9)21(18,19)13-6-11(15)12(20-2)5-10(13)14/h5-6,9,16H,3-4,7-8H2,1-2H3. The molecule has 0 spiro atoms. The molecule has 0 saturated carbocycles. The van der Waals surface area contributed by atoms with E-state index in [1.165, 1.54) is 17.5 Å². The Morgan fingerprint density at radius 3 is 2.86 bits per heavy atom. The molecular formula is C13H18BrClN2O3S. The summed E-state index contributed by atoms with van der Waals surface area (Å²) in [6.07, 6.45) is 0.863. The molecule has 2 rings (SSSR count). The number of benzene rings is 1. The molecule has 1 aromatic carbocycles. The maximum atomic E-state index is 12.7. The number of ether oxygens (including phenoxy) is 1. The summed E-state index contributed by atoms with van der Waals surface area (Å²) < 4.78 is 32.5. The summed E-state index contributed by atoms with van der Waals surface area (Å²) in [5, 5.41) is 3.37. The highest BCUT2D eigenvalue weighted by Gasteiger charge is 2.33. The fraction of sp³-hybridized carbons (Fsp3) is 0.538. The van der Waals surface area contributed by atoms with E-state index in [1.807, 2.05) is 7.05 Å². The predicted octanol–water partition coefficient (Wildman–Crippen LogP) is 2.34. The number of hydrogen-bond acceptors (Lipinski definition) is 4. The zero-order chi connectivity index (χ0) is 15.6. The second kappa shape index (κ2) is 6.83. The molecule has 1 heterocycles. The van der Waals surface area contributed by atoms with Gasteiger partial charge in [-0.15, -0.1) is 0 Å². The van der Waals surface area contributed by atoms with Crippen molar-refractivity contribution in [1.82, 2.24) is 9.62 Å². The molecule has 1 atom stereocenters. The summed E-state index contributed by atoms with van der Waals surface area (Å²) in [5.41, 5.74) is 0. The molecule has 1 unspecified atom stereocenters. The van der Waals surface area contributed by atoms with E-state index in [2.05, 4.69) is 21.2 Å². The van der Waals surface area contributed by atoms with Gasteiger partial charge in [-0.25, -0.2) is 8.42 Å². The van der Waals surface area contributed by atoms with Crippen molar-refractivity contribution in [3.8, 4) is 5.75 Å². The Morgan fingerprint density at radius 2 is 2.24 bits per heavy atom. The first-order valence-corrected chi connectivity index (χ1v) is 9.19. The molecule has 1 fully saturated rings. The molecule has 1 aliphatic heterocycles. The number of nitrogens with one attached hydrogen (secondary N) is 1. The average molecular weight is 398 g/mol. The van der Waals surface area contributed by atoms with Crippen molar-refractivity contribution in [1.29, 1.82) is 0 Å². The zero-order valence-electron chi connectivity index (χ0n) is 11.9. The van der Waals surface area contributed by atoms with Gasteiger partial charge in [-0.1, -0.05) is 11.6 Å². The summed E-state index contributed by atoms with van der Waals surface area (Å²) >= 11 is 9.35. The van der Waals surface area contributed by atoms with Crippen molar-refractivity contribution in [2.75, 3.05) is 33.8 Å². The van der Waals surface area contributed by atoms with Crippen LogP contribution in [0.3, 0.4) is 0 Å². The smallest absolute Gasteiger partial charge is 0.244 e. The minimum absolute atomic E-state index is 0.179. The first kappa shape index (κ1) is 17.0. The molecule has 0 aliphatic carbocycles. The summed E-state index contributed by atoms with van der Waals surface area (Å²) in [5.74, 6) is 0.786. The molecule has 1 aromatic rings. The molecule has 0 radical (unpaired) electrons. The largest absolute Gasteiger partial charge is 0.495 e. The highest BCUT2D eigenvalue weighted by atomic mass is 79.9. The van der Waals surface area contributed by atoms with E-state index in [1.54, 1.807) is 6.07 Å². The van der Waals surface area contributed by atoms with Crippen molar-refractivity contribution >= 4 is 37.6 Å². The van der Waals surface area contributed by atoms with Crippen LogP contribution in [0, 0.1) is 5.92 Å². The van der Waals surface area contributed by atoms with Gasteiger partial charge in [0.1, 0.15) is 5.75 Å². The van der Waals surface area contributed by atoms with Gasteiger partial charge in [-0.2, -0.15) is 4.31 Å². The second-order valence-electron chi connectivity index (χ2n) is 4.99. The maximum Gasteiger partial charge on any atom is 0.244 e. The third-order valence-electron chi connectivity index (χ3n) is 3.57. The van der Waals surface area contributed by atoms with Crippen LogP contribution in [0.2, 0.25) is 5.02 Å². The van der Waals surface area contributed by atoms with Crippen LogP contribution in [-0.2, 0) is 10.0 Å². The molecule has 0 amide bonds. The van der Waals surface area contributed by atoms with Crippen LogP contribution >= 0.6 is 27.5 Å². The third kappa shape index (κ3) is 3.53. The topological polar surface area (TPSA) is 58.6 Å². The molecular weight excluding hydrogens is 380 g/mol. The molecule has 1 aliphatic rings. The van der Waals surface area contributed by atoms with E-state index < -0.39 is 10.0 Å². The lowest BCUT2D eigenvalue weighted by Crippen LogP contribution is -2.30. The highest BCUT2D eigenvalue weighted by molar-refractivity contribution is 9.10. The first-order chi connectivity index (χ1) is 9.90. The van der Waals surface area contributed by atoms with E-state index in [-0.39, 0.29) is 9.92 Å². The van der Waals surface area contributed by atoms with Crippen molar-refractivity contribution in [2.24, 2.45) is 5.92 Å². The number of hydrogen-bond donors (Lipinski definition) is 1. The Bertz CT molecular complexity index is 624. The van der Waals surface area contributed by atoms with Gasteiger partial charge in [0.05, 0.1) is 17.0 Å². The summed E-state index contributed by atoms with van der Waals surface area (Å²) in [7, 11) is -0.187. The molecule has 118 valence electrons. The highest BCUT2D eigenvalue weighted by Crippen LogP contribution is 2.36. The monoisotopic (exact) mass is 396 g/mol. The Kier molecular flexibility index (Phi) is 5.54. The van der Waals surface area contributed by atoms with Gasteiger partial charge in [0.2, 0.25) is 10.0 Å². The molecule has 1 saturated heterocycles. The predicted molar refractivity (Wildman–Crippen MR) is 86.5 cm³/mol. The van der Waals surface area contributed by atoms with Crippen LogP contribution in [-0.4, -0.2) is 46.5 Å². The van der Waals surface area contributed by atoms with E-state index in [4.69, 9.17) is 16.3 Å². The van der Waals surface area contributed by atoms with Crippen molar-refractivity contribution in [3.05, 3.63) is 21.6 Å². The lowest BCUT2D eigenvalue weighted by molar-refractivity contribution is 0.414. The van der Waals surface area contributed by atoms with Gasteiger partial charge in [0.15, 0.2) is 0 Å². The first-order valence-electron chi connectivity index (χ1n) is 6.58. The number of methoxy groups -OCH3 is 1. The lowest BCUT2D eigenvalue weighted by atomic mass is 10.1. The number of halogens is 2. The van der Waals surface area contributed by atoms with E-state index >= 15 is 0 Å². The molecule has 21 heavy (non-hydrogen) atoms. The third-order valence-corrected chi connectivity index (χ3v) is 6.68. The van der Waals surface area contributed by atoms with Gasteiger partial charge < -0.3 is 10.1 Å². The number of nitrogens with zero attached hydrogens (tertiary/aromatic N) is 1. The fourth-order valence-electron chi connectivity index (χ4n) is 2.47. The van der Waals surface area contributed by atoms with E-state index in [0.29, 0.717) is 29.2 Å². The molecule has 5 nitrogen and oxygen atoms in total. The minimum Gasteiger partial charge on any atom is -0.495 e. The van der Waals surface area contributed by atoms with Crippen LogP contribution in [0.15, 0.2) is 21.5 Å². The van der Waals surface area contributed by atoms with Crippen LogP contribution in [0.4, 0.5) is 0 Å². The molecule has 0 aromatic heterocycles. The molecule has 8 heteroatoms. The summed E-state index contributed by atoms with van der Waals surface area (Å²) in [4.78, 5) is 0.179. The van der Waals surface area contributed by atoms with E-state index in [9.17, 15) is 8.42 Å². The minimum atomic E-state index is -3.55. The van der Waals surface area contributed by atoms with Gasteiger partial charge >= 0.3 is 0 Å². The number of sulfonamides is 1. The molecule has 0 bridgehead atoms. The van der Waals surface area contributed by atoms with Crippen LogP contribution in [0.5, 0.6) is 5.75 Å². The van der Waals surface area contributed by atoms with Crippen LogP contribution < -0.4 is 10.1 Å². The molecule has 1 N–H and O–H groups in total. The quantitative estimate of drug-likeness (QED) is 0.828. The van der Waals surface area contributed by atoms with Gasteiger partial charge in [-0.3, -0.25) is 0 Å². The maximum absolute atomic E-state index is 12.7. The van der Waals surface area contributed by atoms with Crippen LogP contribution in [0.25, 0.3) is 0 Å². The average Bonchev–Trinajstić information content (AvgIpc) is 2.90. The van der Waals surface area contributed by atoms with Crippen molar-refractivity contribution < 1.29 is 13.2 Å². The van der Waals surface area contributed by atoms with Gasteiger partial charge in [0, 0.05) is 17.6 Å². The zero-order valence-corrected chi connectivity index (χ0v) is 15.1. The second-order valence-corrected chi connectivity index (χ2v) is 8.16. The van der Waals surface area contributed by atoms with Crippen molar-refractivity contribution in [3.63, 3.8) is 0 Å². The summed E-state index contributed by atoms with van der Waals surface area (Å²) in [6.45, 7) is 1.88. The van der Waals surface area contributed by atoms with Crippen LogP contribution in [0.1, 0.15) is 6.42 Å². The normalized spacial score (nSPS) is 19.9. The Hall–Kier alpha value is -0.340. The van der Waals surface area contributed by atoms with Crippen molar-refractivity contribution in [2.45, 2.75) is 11.3 Å². The summed E-state index contributed by atoms with van der Waals surface area (Å²) in [6, 6.07) is 3.02. The lowest BCUT2D eigenvalue weighted by Gasteiger charge is -2.18. The SMILES string of the molecule is CNCC1CCN(S(=O)(=O)c2cc(Cl)c(OC)cc2Br)C1. The Labute approximate surface area is 138 Å². The Morgan fingerprint density at radius 1 is 1.52 bits per heavy atom. The number of rotatable bonds is 5. The van der Waals surface area contributed by atoms with E-state index in [0.717, 1.165) is 13.0 Å². The van der Waals surface area contributed by atoms with Gasteiger partial charge in [0.25, 0.3) is 0 Å². The van der Waals surface area contributed by atoms with Gasteiger partial charge in [-0.05, 0) is 54.0 Å². The fourth-order valence-corrected chi connectivity index (χ4v) is 5.32. The Balaban J connectivity index is 2.30.